The van der Waals surface area contributed by atoms with Crippen molar-refractivity contribution in [3.8, 4) is 11.5 Å². The number of aldehydes is 1. The van der Waals surface area contributed by atoms with Gasteiger partial charge >= 0.3 is 0 Å². The number of carbonyl (C=O) groups is 1. The molecule has 1 rings (SSSR count). The molecule has 0 spiro atoms. The van der Waals surface area contributed by atoms with Gasteiger partial charge in [0.25, 0.3) is 0 Å². The van der Waals surface area contributed by atoms with Crippen LogP contribution in [0.2, 0.25) is 0 Å². The summed E-state index contributed by atoms with van der Waals surface area (Å²) in [5, 5.41) is 9.13. The zero-order chi connectivity index (χ0) is 11.4. The van der Waals surface area contributed by atoms with Crippen molar-refractivity contribution in [2.75, 3.05) is 7.11 Å². The van der Waals surface area contributed by atoms with Crippen LogP contribution in [0, 0.1) is 3.57 Å². The van der Waals surface area contributed by atoms with E-state index in [1.54, 1.807) is 12.1 Å². The second kappa shape index (κ2) is 5.32. The minimum Gasteiger partial charge on any atom is -0.493 e. The fourth-order valence-corrected chi connectivity index (χ4v) is 1.85. The summed E-state index contributed by atoms with van der Waals surface area (Å²) in [7, 11) is 1.48. The second-order valence-corrected chi connectivity index (χ2v) is 4.03. The van der Waals surface area contributed by atoms with Gasteiger partial charge < -0.3 is 14.6 Å². The topological polar surface area (TPSA) is 55.8 Å². The van der Waals surface area contributed by atoms with Gasteiger partial charge in [0.05, 0.1) is 10.7 Å². The van der Waals surface area contributed by atoms with E-state index in [4.69, 9.17) is 14.6 Å². The maximum absolute atomic E-state index is 10.6. The number of rotatable bonds is 4. The quantitative estimate of drug-likeness (QED) is 0.522. The fraction of sp³-hybridized carbons (Fsp3) is 0.300. The number of benzene rings is 1. The smallest absolute Gasteiger partial charge is 0.194 e. The number of carbonyl (C=O) groups excluding carboxylic acids is 1. The Balaban J connectivity index is 3.18. The first-order chi connectivity index (χ1) is 7.08. The van der Waals surface area contributed by atoms with Crippen molar-refractivity contribution in [2.24, 2.45) is 0 Å². The molecule has 82 valence electrons. The highest BCUT2D eigenvalue weighted by Crippen LogP contribution is 2.33. The molecule has 1 N–H and O–H groups in total. The van der Waals surface area contributed by atoms with Gasteiger partial charge in [-0.25, -0.2) is 0 Å². The molecule has 0 aromatic heterocycles. The van der Waals surface area contributed by atoms with Crippen LogP contribution >= 0.6 is 22.6 Å². The lowest BCUT2D eigenvalue weighted by molar-refractivity contribution is -0.00272. The Hall–Kier alpha value is -0.820. The van der Waals surface area contributed by atoms with Crippen LogP contribution in [0.5, 0.6) is 11.5 Å². The van der Waals surface area contributed by atoms with Gasteiger partial charge in [0, 0.05) is 5.56 Å². The zero-order valence-corrected chi connectivity index (χ0v) is 10.5. The maximum Gasteiger partial charge on any atom is 0.194 e. The van der Waals surface area contributed by atoms with E-state index in [2.05, 4.69) is 0 Å². The largest absolute Gasteiger partial charge is 0.493 e. The van der Waals surface area contributed by atoms with Crippen LogP contribution in [0.3, 0.4) is 0 Å². The molecule has 0 aliphatic rings. The average Bonchev–Trinajstić information content (AvgIpc) is 2.20. The summed E-state index contributed by atoms with van der Waals surface area (Å²) in [6.45, 7) is 1.50. The number of hydrogen-bond acceptors (Lipinski definition) is 4. The fourth-order valence-electron chi connectivity index (χ4n) is 1.09. The third kappa shape index (κ3) is 3.07. The molecule has 1 atom stereocenters. The summed E-state index contributed by atoms with van der Waals surface area (Å²) < 4.78 is 11.0. The van der Waals surface area contributed by atoms with Crippen LogP contribution in [0.1, 0.15) is 17.3 Å². The van der Waals surface area contributed by atoms with Crippen molar-refractivity contribution < 1.29 is 19.4 Å². The molecule has 1 unspecified atom stereocenters. The molecule has 0 heterocycles. The highest BCUT2D eigenvalue weighted by molar-refractivity contribution is 14.1. The average molecular weight is 322 g/mol. The maximum atomic E-state index is 10.6. The van der Waals surface area contributed by atoms with Crippen molar-refractivity contribution in [1.29, 1.82) is 0 Å². The van der Waals surface area contributed by atoms with E-state index in [9.17, 15) is 4.79 Å². The minimum absolute atomic E-state index is 0.435. The predicted molar refractivity (Wildman–Crippen MR) is 63.4 cm³/mol. The number of hydrogen-bond donors (Lipinski definition) is 1. The predicted octanol–water partition coefficient (Wildman–Crippen LogP) is 1.83. The van der Waals surface area contributed by atoms with E-state index < -0.39 is 6.29 Å². The van der Waals surface area contributed by atoms with Gasteiger partial charge in [-0.05, 0) is 41.6 Å². The lowest BCUT2D eigenvalue weighted by atomic mass is 10.2. The number of aliphatic hydroxyl groups is 1. The van der Waals surface area contributed by atoms with E-state index in [-0.39, 0.29) is 0 Å². The number of methoxy groups -OCH3 is 1. The van der Waals surface area contributed by atoms with Crippen molar-refractivity contribution in [1.82, 2.24) is 0 Å². The number of ether oxygens (including phenoxy) is 2. The Morgan fingerprint density at radius 1 is 1.53 bits per heavy atom. The van der Waals surface area contributed by atoms with Crippen molar-refractivity contribution in [3.63, 3.8) is 0 Å². The monoisotopic (exact) mass is 322 g/mol. The molecule has 0 amide bonds. The summed E-state index contributed by atoms with van der Waals surface area (Å²) in [5.74, 6) is 0.878. The van der Waals surface area contributed by atoms with Crippen molar-refractivity contribution >= 4 is 28.9 Å². The Morgan fingerprint density at radius 3 is 2.67 bits per heavy atom. The highest BCUT2D eigenvalue weighted by Gasteiger charge is 2.13. The Morgan fingerprint density at radius 2 is 2.20 bits per heavy atom. The van der Waals surface area contributed by atoms with Crippen LogP contribution in [0.4, 0.5) is 0 Å². The molecule has 0 saturated heterocycles. The van der Waals surface area contributed by atoms with Crippen molar-refractivity contribution in [2.45, 2.75) is 13.2 Å². The molecule has 1 aromatic rings. The van der Waals surface area contributed by atoms with Gasteiger partial charge in [0.1, 0.15) is 6.29 Å². The van der Waals surface area contributed by atoms with E-state index in [0.717, 1.165) is 9.86 Å². The normalized spacial score (nSPS) is 12.0. The molecular weight excluding hydrogens is 311 g/mol. The van der Waals surface area contributed by atoms with Gasteiger partial charge in [0.2, 0.25) is 0 Å². The summed E-state index contributed by atoms with van der Waals surface area (Å²) in [6, 6.07) is 3.22. The number of aliphatic hydroxyl groups excluding tert-OH is 1. The van der Waals surface area contributed by atoms with Crippen LogP contribution in [-0.2, 0) is 0 Å². The second-order valence-electron chi connectivity index (χ2n) is 2.87. The van der Waals surface area contributed by atoms with E-state index in [1.807, 2.05) is 22.6 Å². The lowest BCUT2D eigenvalue weighted by Gasteiger charge is -2.14. The van der Waals surface area contributed by atoms with Gasteiger partial charge in [-0.1, -0.05) is 0 Å². The summed E-state index contributed by atoms with van der Waals surface area (Å²) in [6.07, 6.45) is -0.189. The van der Waals surface area contributed by atoms with Crippen molar-refractivity contribution in [3.05, 3.63) is 21.3 Å². The summed E-state index contributed by atoms with van der Waals surface area (Å²) in [5.41, 5.74) is 0.509. The Labute approximate surface area is 101 Å². The van der Waals surface area contributed by atoms with E-state index >= 15 is 0 Å². The molecule has 0 aliphatic carbocycles. The summed E-state index contributed by atoms with van der Waals surface area (Å²) in [4.78, 5) is 10.6. The van der Waals surface area contributed by atoms with Gasteiger partial charge in [0.15, 0.2) is 17.8 Å². The van der Waals surface area contributed by atoms with E-state index in [1.165, 1.54) is 14.0 Å². The zero-order valence-electron chi connectivity index (χ0n) is 8.36. The van der Waals surface area contributed by atoms with E-state index in [0.29, 0.717) is 17.1 Å². The van der Waals surface area contributed by atoms with Crippen LogP contribution in [0.15, 0.2) is 12.1 Å². The SMILES string of the molecule is COc1cc(C=O)cc(I)c1OC(C)O. The summed E-state index contributed by atoms with van der Waals surface area (Å²) >= 11 is 2.02. The molecule has 1 aromatic carbocycles. The molecule has 0 radical (unpaired) electrons. The third-order valence-electron chi connectivity index (χ3n) is 1.68. The van der Waals surface area contributed by atoms with Crippen LogP contribution < -0.4 is 9.47 Å². The Kier molecular flexibility index (Phi) is 4.34. The first kappa shape index (κ1) is 12.3. The highest BCUT2D eigenvalue weighted by atomic mass is 127. The van der Waals surface area contributed by atoms with Gasteiger partial charge in [-0.2, -0.15) is 0 Å². The molecular formula is C10H11IO4. The van der Waals surface area contributed by atoms with Crippen LogP contribution in [0.25, 0.3) is 0 Å². The van der Waals surface area contributed by atoms with Crippen LogP contribution in [-0.4, -0.2) is 24.8 Å². The standard InChI is InChI=1S/C10H11IO4/c1-6(13)15-10-8(11)3-7(5-12)4-9(10)14-2/h3-6,13H,1-2H3. The minimum atomic E-state index is -0.922. The lowest BCUT2D eigenvalue weighted by Crippen LogP contribution is -2.11. The third-order valence-corrected chi connectivity index (χ3v) is 2.48. The molecule has 0 fully saturated rings. The molecule has 4 nitrogen and oxygen atoms in total. The first-order valence-electron chi connectivity index (χ1n) is 4.26. The first-order valence-corrected chi connectivity index (χ1v) is 5.33. The Bertz CT molecular complexity index is 363. The molecule has 5 heteroatoms. The molecule has 0 saturated carbocycles. The van der Waals surface area contributed by atoms with Gasteiger partial charge in [-0.15, -0.1) is 0 Å². The van der Waals surface area contributed by atoms with Gasteiger partial charge in [-0.3, -0.25) is 4.79 Å². The molecule has 0 bridgehead atoms. The number of halogens is 1. The molecule has 15 heavy (non-hydrogen) atoms. The molecule has 0 aliphatic heterocycles.